The summed E-state index contributed by atoms with van der Waals surface area (Å²) in [7, 11) is 0. The molecule has 0 fully saturated rings. The maximum Gasteiger partial charge on any atom is 0.276 e. The van der Waals surface area contributed by atoms with E-state index in [-0.39, 0.29) is 18.4 Å². The standard InChI is InChI=1S/C15H20FN3O4/c1-9(2)14(17-10(3)20)15(22)19-18-13(21)8-23-12-6-4-11(16)5-7-12/h4-7,9,14H,8H2,1-3H3,(H,17,20)(H,18,21)(H,19,22)/t14-/m0/s1. The van der Waals surface area contributed by atoms with Crippen LogP contribution in [-0.2, 0) is 14.4 Å². The van der Waals surface area contributed by atoms with Gasteiger partial charge in [-0.3, -0.25) is 25.2 Å². The molecule has 0 aliphatic carbocycles. The van der Waals surface area contributed by atoms with E-state index in [9.17, 15) is 18.8 Å². The maximum absolute atomic E-state index is 12.7. The average Bonchev–Trinajstić information content (AvgIpc) is 2.49. The van der Waals surface area contributed by atoms with Gasteiger partial charge in [0, 0.05) is 6.92 Å². The molecule has 1 atom stereocenters. The molecule has 3 N–H and O–H groups in total. The van der Waals surface area contributed by atoms with Crippen molar-refractivity contribution in [2.24, 2.45) is 5.92 Å². The molecule has 7 nitrogen and oxygen atoms in total. The Morgan fingerprint density at radius 1 is 1.13 bits per heavy atom. The van der Waals surface area contributed by atoms with Gasteiger partial charge in [-0.2, -0.15) is 0 Å². The van der Waals surface area contributed by atoms with E-state index in [4.69, 9.17) is 4.74 Å². The molecule has 0 aliphatic rings. The number of nitrogens with one attached hydrogen (secondary N) is 3. The van der Waals surface area contributed by atoms with E-state index in [1.54, 1.807) is 13.8 Å². The first kappa shape index (κ1) is 18.4. The molecule has 0 saturated heterocycles. The lowest BCUT2D eigenvalue weighted by Crippen LogP contribution is -2.54. The zero-order chi connectivity index (χ0) is 17.4. The van der Waals surface area contributed by atoms with E-state index in [1.807, 2.05) is 0 Å². The third kappa shape index (κ3) is 6.77. The number of hydrogen-bond donors (Lipinski definition) is 3. The molecule has 8 heteroatoms. The van der Waals surface area contributed by atoms with Crippen LogP contribution >= 0.6 is 0 Å². The van der Waals surface area contributed by atoms with Gasteiger partial charge in [-0.15, -0.1) is 0 Å². The van der Waals surface area contributed by atoms with Crippen molar-refractivity contribution in [3.8, 4) is 5.75 Å². The molecule has 0 heterocycles. The number of halogens is 1. The first-order valence-corrected chi connectivity index (χ1v) is 7.03. The monoisotopic (exact) mass is 325 g/mol. The van der Waals surface area contributed by atoms with Gasteiger partial charge in [-0.1, -0.05) is 13.8 Å². The highest BCUT2D eigenvalue weighted by molar-refractivity contribution is 5.89. The Morgan fingerprint density at radius 3 is 2.26 bits per heavy atom. The van der Waals surface area contributed by atoms with Crippen molar-refractivity contribution < 1.29 is 23.5 Å². The van der Waals surface area contributed by atoms with Gasteiger partial charge in [0.1, 0.15) is 17.6 Å². The molecule has 23 heavy (non-hydrogen) atoms. The largest absolute Gasteiger partial charge is 0.484 e. The summed E-state index contributed by atoms with van der Waals surface area (Å²) in [6, 6.07) is 4.41. The minimum Gasteiger partial charge on any atom is -0.484 e. The molecular formula is C15H20FN3O4. The highest BCUT2D eigenvalue weighted by atomic mass is 19.1. The van der Waals surface area contributed by atoms with E-state index >= 15 is 0 Å². The number of hydrazine groups is 1. The Bertz CT molecular complexity index is 560. The van der Waals surface area contributed by atoms with Crippen LogP contribution in [-0.4, -0.2) is 30.4 Å². The number of carbonyl (C=O) groups excluding carboxylic acids is 3. The predicted molar refractivity (Wildman–Crippen MR) is 80.6 cm³/mol. The van der Waals surface area contributed by atoms with Crippen molar-refractivity contribution >= 4 is 17.7 Å². The fourth-order valence-electron chi connectivity index (χ4n) is 1.68. The fourth-order valence-corrected chi connectivity index (χ4v) is 1.68. The second kappa shape index (κ2) is 8.72. The van der Waals surface area contributed by atoms with E-state index in [0.29, 0.717) is 5.75 Å². The number of carbonyl (C=O) groups is 3. The summed E-state index contributed by atoms with van der Waals surface area (Å²) in [5.74, 6) is -1.70. The van der Waals surface area contributed by atoms with Crippen LogP contribution in [0.3, 0.4) is 0 Å². The third-order valence-electron chi connectivity index (χ3n) is 2.82. The van der Waals surface area contributed by atoms with Gasteiger partial charge in [-0.25, -0.2) is 4.39 Å². The number of ether oxygens (including phenoxy) is 1. The number of rotatable bonds is 6. The molecule has 1 aromatic carbocycles. The zero-order valence-electron chi connectivity index (χ0n) is 13.2. The van der Waals surface area contributed by atoms with Crippen molar-refractivity contribution in [2.45, 2.75) is 26.8 Å². The van der Waals surface area contributed by atoms with Crippen molar-refractivity contribution in [2.75, 3.05) is 6.61 Å². The summed E-state index contributed by atoms with van der Waals surface area (Å²) in [5.41, 5.74) is 4.41. The maximum atomic E-state index is 12.7. The van der Waals surface area contributed by atoms with Gasteiger partial charge in [0.15, 0.2) is 6.61 Å². The first-order chi connectivity index (χ1) is 10.8. The number of hydrogen-bond acceptors (Lipinski definition) is 4. The van der Waals surface area contributed by atoms with Gasteiger partial charge in [-0.05, 0) is 30.2 Å². The van der Waals surface area contributed by atoms with Crippen LogP contribution in [0.5, 0.6) is 5.75 Å². The summed E-state index contributed by atoms with van der Waals surface area (Å²) in [6.45, 7) is 4.48. The first-order valence-electron chi connectivity index (χ1n) is 7.03. The molecular weight excluding hydrogens is 305 g/mol. The Hall–Kier alpha value is -2.64. The quantitative estimate of drug-likeness (QED) is 0.664. The molecule has 3 amide bonds. The lowest BCUT2D eigenvalue weighted by Gasteiger charge is -2.21. The summed E-state index contributed by atoms with van der Waals surface area (Å²) in [5, 5.41) is 2.50. The second-order valence-corrected chi connectivity index (χ2v) is 5.20. The smallest absolute Gasteiger partial charge is 0.276 e. The van der Waals surface area contributed by atoms with Crippen LogP contribution in [0.2, 0.25) is 0 Å². The highest BCUT2D eigenvalue weighted by Crippen LogP contribution is 2.10. The van der Waals surface area contributed by atoms with Crippen LogP contribution in [0, 0.1) is 11.7 Å². The van der Waals surface area contributed by atoms with Crippen LogP contribution in [0.25, 0.3) is 0 Å². The van der Waals surface area contributed by atoms with E-state index in [1.165, 1.54) is 31.2 Å². The molecule has 0 aromatic heterocycles. The molecule has 0 spiro atoms. The lowest BCUT2D eigenvalue weighted by molar-refractivity contribution is -0.133. The predicted octanol–water partition coefficient (Wildman–Crippen LogP) is 0.513. The number of benzene rings is 1. The van der Waals surface area contributed by atoms with Gasteiger partial charge >= 0.3 is 0 Å². The average molecular weight is 325 g/mol. The summed E-state index contributed by atoms with van der Waals surface area (Å²) in [6.07, 6.45) is 0. The third-order valence-corrected chi connectivity index (χ3v) is 2.82. The summed E-state index contributed by atoms with van der Waals surface area (Å²) < 4.78 is 17.8. The van der Waals surface area contributed by atoms with Crippen molar-refractivity contribution in [3.05, 3.63) is 30.1 Å². The van der Waals surface area contributed by atoms with E-state index in [0.717, 1.165) is 0 Å². The molecule has 1 aromatic rings. The molecule has 0 radical (unpaired) electrons. The normalized spacial score (nSPS) is 11.5. The van der Waals surface area contributed by atoms with Gasteiger partial charge < -0.3 is 10.1 Å². The van der Waals surface area contributed by atoms with Crippen molar-refractivity contribution in [1.29, 1.82) is 0 Å². The van der Waals surface area contributed by atoms with Crippen LogP contribution in [0.1, 0.15) is 20.8 Å². The minimum absolute atomic E-state index is 0.147. The lowest BCUT2D eigenvalue weighted by atomic mass is 10.0. The zero-order valence-corrected chi connectivity index (χ0v) is 13.2. The van der Waals surface area contributed by atoms with Crippen LogP contribution in [0.4, 0.5) is 4.39 Å². The fraction of sp³-hybridized carbons (Fsp3) is 0.400. The second-order valence-electron chi connectivity index (χ2n) is 5.20. The molecule has 1 rings (SSSR count). The van der Waals surface area contributed by atoms with Gasteiger partial charge in [0.2, 0.25) is 5.91 Å². The van der Waals surface area contributed by atoms with Crippen LogP contribution in [0.15, 0.2) is 24.3 Å². The minimum atomic E-state index is -0.759. The number of amides is 3. The van der Waals surface area contributed by atoms with E-state index in [2.05, 4.69) is 16.2 Å². The Kier molecular flexibility index (Phi) is 6.98. The molecule has 0 unspecified atom stereocenters. The Morgan fingerprint density at radius 2 is 1.74 bits per heavy atom. The van der Waals surface area contributed by atoms with Gasteiger partial charge in [0.25, 0.3) is 11.8 Å². The topological polar surface area (TPSA) is 96.5 Å². The molecule has 0 aliphatic heterocycles. The SMILES string of the molecule is CC(=O)N[C@H](C(=O)NNC(=O)COc1ccc(F)cc1)C(C)C. The molecule has 0 saturated carbocycles. The van der Waals surface area contributed by atoms with E-state index < -0.39 is 23.7 Å². The molecule has 0 bridgehead atoms. The van der Waals surface area contributed by atoms with Crippen LogP contribution < -0.4 is 20.9 Å². The Balaban J connectivity index is 2.40. The summed E-state index contributed by atoms with van der Waals surface area (Å²) in [4.78, 5) is 34.6. The molecule has 126 valence electrons. The highest BCUT2D eigenvalue weighted by Gasteiger charge is 2.23. The van der Waals surface area contributed by atoms with Crippen molar-refractivity contribution in [3.63, 3.8) is 0 Å². The van der Waals surface area contributed by atoms with Gasteiger partial charge in [0.05, 0.1) is 0 Å². The van der Waals surface area contributed by atoms with Crippen molar-refractivity contribution in [1.82, 2.24) is 16.2 Å². The summed E-state index contributed by atoms with van der Waals surface area (Å²) >= 11 is 0. The Labute approximate surface area is 133 Å².